The van der Waals surface area contributed by atoms with E-state index < -0.39 is 76.1 Å². The maximum Gasteiger partial charge on any atom is 0.408 e. The maximum atomic E-state index is 13.8. The zero-order valence-corrected chi connectivity index (χ0v) is 27.7. The first-order valence-corrected chi connectivity index (χ1v) is 16.9. The van der Waals surface area contributed by atoms with Gasteiger partial charge in [0.05, 0.1) is 12.5 Å². The Hall–Kier alpha value is -5.65. The third-order valence-corrected chi connectivity index (χ3v) is 7.46. The van der Waals surface area contributed by atoms with Crippen molar-refractivity contribution in [3.63, 3.8) is 0 Å². The monoisotopic (exact) mass is 698 g/mol. The summed E-state index contributed by atoms with van der Waals surface area (Å²) in [5, 5.41) is 33.8. The summed E-state index contributed by atoms with van der Waals surface area (Å²) >= 11 is 0. The molecule has 0 aliphatic heterocycles. The molecular formula is C31H38N8O9S. The minimum Gasteiger partial charge on any atom is -0.481 e. The van der Waals surface area contributed by atoms with Gasteiger partial charge in [0.2, 0.25) is 17.7 Å². The zero-order chi connectivity index (χ0) is 36.0. The highest BCUT2D eigenvalue weighted by Crippen LogP contribution is 2.16. The van der Waals surface area contributed by atoms with Crippen LogP contribution < -0.4 is 21.3 Å². The molecule has 0 aliphatic rings. The summed E-state index contributed by atoms with van der Waals surface area (Å²) in [7, 11) is -3.56. The molecular weight excluding hydrogens is 660 g/mol. The summed E-state index contributed by atoms with van der Waals surface area (Å²) in [5.74, 6) is -4.22. The molecule has 0 saturated carbocycles. The van der Waals surface area contributed by atoms with Crippen molar-refractivity contribution in [1.29, 1.82) is 0 Å². The van der Waals surface area contributed by atoms with Gasteiger partial charge in [-0.3, -0.25) is 19.2 Å². The number of ether oxygens (including phenoxy) is 1. The van der Waals surface area contributed by atoms with Crippen molar-refractivity contribution < 1.29 is 42.2 Å². The van der Waals surface area contributed by atoms with Gasteiger partial charge < -0.3 is 31.1 Å². The number of amides is 4. The first-order valence-electron chi connectivity index (χ1n) is 15.0. The van der Waals surface area contributed by atoms with E-state index in [2.05, 4.69) is 41.9 Å². The number of aromatic amines is 1. The Morgan fingerprint density at radius 1 is 0.898 bits per heavy atom. The number of carboxylic acids is 1. The van der Waals surface area contributed by atoms with Gasteiger partial charge in [-0.1, -0.05) is 85.8 Å². The third kappa shape index (κ3) is 13.2. The van der Waals surface area contributed by atoms with Crippen LogP contribution in [-0.4, -0.2) is 88.3 Å². The second kappa shape index (κ2) is 18.0. The van der Waals surface area contributed by atoms with Crippen molar-refractivity contribution in [2.24, 2.45) is 5.92 Å². The van der Waals surface area contributed by atoms with Gasteiger partial charge >= 0.3 is 12.1 Å². The smallest absolute Gasteiger partial charge is 0.408 e. The molecule has 0 radical (unpaired) electrons. The summed E-state index contributed by atoms with van der Waals surface area (Å²) in [5.41, 5.74) is 0.956. The second-order valence-electron chi connectivity index (χ2n) is 11.2. The fourth-order valence-electron chi connectivity index (χ4n) is 4.39. The number of rotatable bonds is 17. The topological polar surface area (TPSA) is 252 Å². The highest BCUT2D eigenvalue weighted by atomic mass is 32.2. The molecule has 3 aromatic rings. The van der Waals surface area contributed by atoms with E-state index in [9.17, 15) is 37.5 Å². The Morgan fingerprint density at radius 2 is 1.55 bits per heavy atom. The van der Waals surface area contributed by atoms with Crippen molar-refractivity contribution in [1.82, 2.24) is 41.9 Å². The summed E-state index contributed by atoms with van der Waals surface area (Å²) in [6.07, 6.45) is 0.325. The first-order chi connectivity index (χ1) is 23.2. The van der Waals surface area contributed by atoms with Crippen LogP contribution in [0.15, 0.2) is 72.1 Å². The standard InChI is InChI=1S/C31H38N8O9S/c1-19(2)26(29(43)32-22(14-15-49(3,46)47)16-24-36-38-39-37-24)34-30(44)27(21-12-8-5-9-13-21)35-28(42)23(17-25(40)41)33-31(45)48-18-20-10-6-4-7-11-20/h4-15,19,22-23,26-27H,16-18H2,1-3H3,(H,32,43)(H,33,45)(H,34,44)(H,35,42)(H,40,41)(H,36,37,38,39)/b15-14+/t22-,23+,26?,27+/m1/s1. The molecule has 4 amide bonds. The minimum atomic E-state index is -3.56. The van der Waals surface area contributed by atoms with E-state index >= 15 is 0 Å². The van der Waals surface area contributed by atoms with Gasteiger partial charge in [-0.05, 0) is 17.0 Å². The molecule has 3 rings (SSSR count). The van der Waals surface area contributed by atoms with E-state index in [0.29, 0.717) is 11.1 Å². The molecule has 0 aliphatic carbocycles. The summed E-state index contributed by atoms with van der Waals surface area (Å²) in [6.45, 7) is 3.19. The van der Waals surface area contributed by atoms with Gasteiger partial charge in [0, 0.05) is 18.1 Å². The Kier molecular flexibility index (Phi) is 13.9. The Bertz CT molecular complexity index is 1700. The van der Waals surface area contributed by atoms with Crippen molar-refractivity contribution in [3.8, 4) is 0 Å². The number of carbonyl (C=O) groups is 5. The van der Waals surface area contributed by atoms with Gasteiger partial charge in [-0.25, -0.2) is 13.2 Å². The molecule has 1 aromatic heterocycles. The van der Waals surface area contributed by atoms with Crippen LogP contribution in [0.25, 0.3) is 0 Å². The van der Waals surface area contributed by atoms with Gasteiger partial charge in [0.25, 0.3) is 0 Å². The van der Waals surface area contributed by atoms with Crippen molar-refractivity contribution in [2.45, 2.75) is 57.5 Å². The number of hydrogen-bond donors (Lipinski definition) is 6. The van der Waals surface area contributed by atoms with Crippen LogP contribution in [0.4, 0.5) is 4.79 Å². The lowest BCUT2D eigenvalue weighted by molar-refractivity contribution is -0.140. The van der Waals surface area contributed by atoms with Crippen molar-refractivity contribution in [3.05, 3.63) is 89.1 Å². The molecule has 17 nitrogen and oxygen atoms in total. The summed E-state index contributed by atoms with van der Waals surface area (Å²) in [6, 6.07) is 11.5. The van der Waals surface area contributed by atoms with E-state index in [4.69, 9.17) is 4.74 Å². The minimum absolute atomic E-state index is 0.0263. The van der Waals surface area contributed by atoms with Gasteiger partial charge in [-0.15, -0.1) is 10.2 Å². The van der Waals surface area contributed by atoms with Crippen LogP contribution in [0.1, 0.15) is 43.3 Å². The molecule has 0 saturated heterocycles. The number of benzene rings is 2. The molecule has 262 valence electrons. The van der Waals surface area contributed by atoms with Crippen LogP contribution >= 0.6 is 0 Å². The summed E-state index contributed by atoms with van der Waals surface area (Å²) < 4.78 is 28.7. The molecule has 4 atom stereocenters. The lowest BCUT2D eigenvalue weighted by Crippen LogP contribution is -2.56. The van der Waals surface area contributed by atoms with Gasteiger partial charge in [0.15, 0.2) is 15.7 Å². The molecule has 1 heterocycles. The van der Waals surface area contributed by atoms with E-state index in [1.165, 1.54) is 6.08 Å². The number of tetrazole rings is 1. The highest BCUT2D eigenvalue weighted by molar-refractivity contribution is 7.93. The number of H-pyrrole nitrogens is 1. The van der Waals surface area contributed by atoms with E-state index in [-0.39, 0.29) is 18.9 Å². The number of nitrogens with zero attached hydrogens (tertiary/aromatic N) is 3. The van der Waals surface area contributed by atoms with E-state index in [0.717, 1.165) is 11.7 Å². The molecule has 18 heteroatoms. The third-order valence-electron chi connectivity index (χ3n) is 6.81. The van der Waals surface area contributed by atoms with E-state index in [1.54, 1.807) is 74.5 Å². The lowest BCUT2D eigenvalue weighted by Gasteiger charge is -2.27. The average molecular weight is 699 g/mol. The van der Waals surface area contributed by atoms with Crippen LogP contribution in [0.5, 0.6) is 0 Å². The predicted molar refractivity (Wildman–Crippen MR) is 174 cm³/mol. The van der Waals surface area contributed by atoms with Crippen molar-refractivity contribution >= 4 is 39.6 Å². The second-order valence-corrected chi connectivity index (χ2v) is 13.2. The molecule has 2 aromatic carbocycles. The number of hydrogen-bond acceptors (Lipinski definition) is 11. The van der Waals surface area contributed by atoms with Crippen LogP contribution in [0, 0.1) is 5.92 Å². The van der Waals surface area contributed by atoms with E-state index in [1.807, 2.05) is 0 Å². The van der Waals surface area contributed by atoms with Gasteiger partial charge in [-0.2, -0.15) is 5.21 Å². The number of sulfone groups is 1. The molecule has 1 unspecified atom stereocenters. The number of nitrogens with one attached hydrogen (secondary N) is 5. The number of alkyl carbamates (subject to hydrolysis) is 1. The fourth-order valence-corrected chi connectivity index (χ4v) is 4.87. The number of carbonyl (C=O) groups excluding carboxylic acids is 4. The number of aliphatic carboxylic acids is 1. The Morgan fingerprint density at radius 3 is 2.12 bits per heavy atom. The molecule has 49 heavy (non-hydrogen) atoms. The zero-order valence-electron chi connectivity index (χ0n) is 26.9. The molecule has 0 spiro atoms. The van der Waals surface area contributed by atoms with Crippen LogP contribution in [-0.2, 0) is 46.8 Å². The maximum absolute atomic E-state index is 13.8. The van der Waals surface area contributed by atoms with Gasteiger partial charge in [0.1, 0.15) is 24.7 Å². The fraction of sp³-hybridized carbons (Fsp3) is 0.355. The van der Waals surface area contributed by atoms with Crippen LogP contribution in [0.3, 0.4) is 0 Å². The SMILES string of the molecule is CC(C)C(NC(=O)[C@@H](NC(=O)[C@H](CC(=O)O)NC(=O)OCc1ccccc1)c1ccccc1)C(=O)N[C@H](/C=C/S(C)(=O)=O)Cc1nn[nH]n1. The highest BCUT2D eigenvalue weighted by Gasteiger charge is 2.33. The number of aromatic nitrogens is 4. The quantitative estimate of drug-likeness (QED) is 0.113. The molecule has 0 fully saturated rings. The molecule has 6 N–H and O–H groups in total. The normalized spacial score (nSPS) is 13.9. The summed E-state index contributed by atoms with van der Waals surface area (Å²) in [4.78, 5) is 64.8. The largest absolute Gasteiger partial charge is 0.481 e. The predicted octanol–water partition coefficient (Wildman–Crippen LogP) is 0.553. The lowest BCUT2D eigenvalue weighted by atomic mass is 10.00. The van der Waals surface area contributed by atoms with Crippen LogP contribution in [0.2, 0.25) is 0 Å². The average Bonchev–Trinajstić information content (AvgIpc) is 3.56. The first kappa shape index (κ1) is 37.8. The Balaban J connectivity index is 1.79. The number of carboxylic acid groups (broad SMARTS) is 1. The molecule has 0 bridgehead atoms. The Labute approximate surface area is 282 Å². The van der Waals surface area contributed by atoms with Crippen molar-refractivity contribution in [2.75, 3.05) is 6.26 Å².